The summed E-state index contributed by atoms with van der Waals surface area (Å²) in [5, 5.41) is 0. The third kappa shape index (κ3) is 4.87. The number of esters is 1. The molecular weight excluding hydrogens is 465 g/mol. The highest BCUT2D eigenvalue weighted by atomic mass is 79.9. The predicted octanol–water partition coefficient (Wildman–Crippen LogP) is 4.62. The molecule has 0 N–H and O–H groups in total. The van der Waals surface area contributed by atoms with E-state index in [0.717, 1.165) is 8.26 Å². The van der Waals surface area contributed by atoms with E-state index < -0.39 is 12.1 Å². The summed E-state index contributed by atoms with van der Waals surface area (Å²) in [7, 11) is 1.58. The van der Waals surface area contributed by atoms with Gasteiger partial charge in [0.1, 0.15) is 10.7 Å². The number of nitrogens with zero attached hydrogens (tertiary/aromatic N) is 1. The number of ether oxygens (including phenoxy) is 1. The van der Waals surface area contributed by atoms with Gasteiger partial charge in [-0.3, -0.25) is 4.79 Å². The van der Waals surface area contributed by atoms with Gasteiger partial charge in [0, 0.05) is 18.1 Å². The van der Waals surface area contributed by atoms with Crippen molar-refractivity contribution in [3.8, 4) is 0 Å². The van der Waals surface area contributed by atoms with Crippen molar-refractivity contribution in [2.24, 2.45) is 0 Å². The Morgan fingerprint density at radius 2 is 2.04 bits per heavy atom. The quantitative estimate of drug-likeness (QED) is 0.589. The van der Waals surface area contributed by atoms with E-state index in [1.165, 1.54) is 35.3 Å². The van der Waals surface area contributed by atoms with Crippen LogP contribution in [0.25, 0.3) is 0 Å². The highest BCUT2D eigenvalue weighted by Gasteiger charge is 2.23. The molecule has 1 heterocycles. The zero-order valence-electron chi connectivity index (χ0n) is 12.9. The lowest BCUT2D eigenvalue weighted by atomic mass is 10.2. The average Bonchev–Trinajstić information content (AvgIpc) is 2.86. The fourth-order valence-electron chi connectivity index (χ4n) is 2.01. The monoisotopic (exact) mass is 477 g/mol. The molecule has 2 rings (SSSR count). The Morgan fingerprint density at radius 3 is 2.62 bits per heavy atom. The van der Waals surface area contributed by atoms with Crippen LogP contribution in [0.4, 0.5) is 4.39 Å². The van der Waals surface area contributed by atoms with E-state index in [9.17, 15) is 14.0 Å². The summed E-state index contributed by atoms with van der Waals surface area (Å²) in [4.78, 5) is 26.2. The molecule has 0 aliphatic carbocycles. The van der Waals surface area contributed by atoms with Crippen LogP contribution in [0.2, 0.25) is 0 Å². The Morgan fingerprint density at radius 1 is 1.33 bits per heavy atom. The van der Waals surface area contributed by atoms with Crippen LogP contribution in [-0.4, -0.2) is 29.9 Å². The van der Waals surface area contributed by atoms with Gasteiger partial charge in [0.15, 0.2) is 6.10 Å². The van der Waals surface area contributed by atoms with Gasteiger partial charge < -0.3 is 9.64 Å². The van der Waals surface area contributed by atoms with Crippen molar-refractivity contribution in [1.82, 2.24) is 4.90 Å². The molecule has 0 aliphatic rings. The molecular formula is C16H14Br2FNO3S. The minimum absolute atomic E-state index is 0.231. The van der Waals surface area contributed by atoms with E-state index in [1.54, 1.807) is 25.2 Å². The minimum Gasteiger partial charge on any atom is -0.448 e. The van der Waals surface area contributed by atoms with Gasteiger partial charge in [-0.15, -0.1) is 11.3 Å². The third-order valence-electron chi connectivity index (χ3n) is 3.16. The van der Waals surface area contributed by atoms with Crippen molar-refractivity contribution in [2.45, 2.75) is 19.6 Å². The minimum atomic E-state index is -0.935. The van der Waals surface area contributed by atoms with Crippen molar-refractivity contribution in [1.29, 1.82) is 0 Å². The lowest BCUT2D eigenvalue weighted by molar-refractivity contribution is -0.139. The van der Waals surface area contributed by atoms with Crippen LogP contribution in [0.3, 0.4) is 0 Å². The molecule has 1 atom stereocenters. The lowest BCUT2D eigenvalue weighted by Crippen LogP contribution is -2.37. The smallest absolute Gasteiger partial charge is 0.349 e. The molecule has 0 radical (unpaired) electrons. The third-order valence-corrected chi connectivity index (χ3v) is 6.40. The predicted molar refractivity (Wildman–Crippen MR) is 97.5 cm³/mol. The van der Waals surface area contributed by atoms with E-state index in [1.807, 2.05) is 0 Å². The maximum atomic E-state index is 13.2. The average molecular weight is 479 g/mol. The molecule has 0 spiro atoms. The summed E-state index contributed by atoms with van der Waals surface area (Å²) in [6, 6.07) is 7.64. The number of hydrogen-bond donors (Lipinski definition) is 0. The molecule has 0 bridgehead atoms. The summed E-state index contributed by atoms with van der Waals surface area (Å²) >= 11 is 7.82. The molecule has 2 aromatic rings. The Bertz CT molecular complexity index is 746. The molecule has 0 aliphatic heterocycles. The maximum absolute atomic E-state index is 13.2. The summed E-state index contributed by atoms with van der Waals surface area (Å²) in [6.45, 7) is 1.74. The number of carbonyl (C=O) groups excluding carboxylic acids is 2. The van der Waals surface area contributed by atoms with E-state index >= 15 is 0 Å². The number of thiophene rings is 1. The fourth-order valence-corrected chi connectivity index (χ4v) is 3.93. The van der Waals surface area contributed by atoms with E-state index in [2.05, 4.69) is 31.9 Å². The molecule has 0 saturated heterocycles. The number of rotatable bonds is 5. The van der Waals surface area contributed by atoms with Gasteiger partial charge in [-0.1, -0.05) is 12.1 Å². The molecule has 1 amide bonds. The van der Waals surface area contributed by atoms with Gasteiger partial charge in [-0.2, -0.15) is 0 Å². The van der Waals surface area contributed by atoms with Gasteiger partial charge in [-0.25, -0.2) is 9.18 Å². The van der Waals surface area contributed by atoms with Crippen LogP contribution in [-0.2, 0) is 16.1 Å². The van der Waals surface area contributed by atoms with Crippen LogP contribution in [0.5, 0.6) is 0 Å². The number of hydrogen-bond acceptors (Lipinski definition) is 4. The number of likely N-dealkylation sites (N-methyl/N-ethyl adjacent to an activating group) is 1. The lowest BCUT2D eigenvalue weighted by Gasteiger charge is -2.21. The topological polar surface area (TPSA) is 46.6 Å². The zero-order chi connectivity index (χ0) is 17.9. The highest BCUT2D eigenvalue weighted by Crippen LogP contribution is 2.32. The molecule has 1 aromatic heterocycles. The SMILES string of the molecule is CC(OC(=O)c1cc(Br)c(Br)s1)C(=O)N(C)Cc1cccc(F)c1. The second kappa shape index (κ2) is 8.22. The van der Waals surface area contributed by atoms with Crippen molar-refractivity contribution < 1.29 is 18.7 Å². The number of carbonyl (C=O) groups is 2. The van der Waals surface area contributed by atoms with Crippen LogP contribution >= 0.6 is 43.2 Å². The first-order valence-corrected chi connectivity index (χ1v) is 9.33. The van der Waals surface area contributed by atoms with Gasteiger partial charge in [0.05, 0.1) is 3.79 Å². The van der Waals surface area contributed by atoms with Crippen molar-refractivity contribution >= 4 is 55.1 Å². The Labute approximate surface area is 159 Å². The van der Waals surface area contributed by atoms with Crippen LogP contribution in [0.15, 0.2) is 38.6 Å². The Kier molecular flexibility index (Phi) is 6.54. The Hall–Kier alpha value is -1.25. The van der Waals surface area contributed by atoms with E-state index in [0.29, 0.717) is 10.4 Å². The molecule has 0 saturated carbocycles. The van der Waals surface area contributed by atoms with Gasteiger partial charge in [0.2, 0.25) is 0 Å². The van der Waals surface area contributed by atoms with Gasteiger partial charge >= 0.3 is 5.97 Å². The molecule has 0 fully saturated rings. The van der Waals surface area contributed by atoms with Crippen LogP contribution in [0, 0.1) is 5.82 Å². The number of amides is 1. The van der Waals surface area contributed by atoms with Crippen LogP contribution < -0.4 is 0 Å². The van der Waals surface area contributed by atoms with Crippen molar-refractivity contribution in [3.05, 3.63) is 54.8 Å². The zero-order valence-corrected chi connectivity index (χ0v) is 16.9. The van der Waals surface area contributed by atoms with E-state index in [-0.39, 0.29) is 18.3 Å². The Balaban J connectivity index is 1.96. The summed E-state index contributed by atoms with van der Waals surface area (Å²) in [6.07, 6.45) is -0.935. The first kappa shape index (κ1) is 19.1. The normalized spacial score (nSPS) is 11.9. The molecule has 1 aromatic carbocycles. The summed E-state index contributed by atoms with van der Waals surface area (Å²) in [5.74, 6) is -1.28. The molecule has 4 nitrogen and oxygen atoms in total. The van der Waals surface area contributed by atoms with Crippen molar-refractivity contribution in [3.63, 3.8) is 0 Å². The highest BCUT2D eigenvalue weighted by molar-refractivity contribution is 9.13. The van der Waals surface area contributed by atoms with Crippen molar-refractivity contribution in [2.75, 3.05) is 7.05 Å². The van der Waals surface area contributed by atoms with Gasteiger partial charge in [-0.05, 0) is 62.5 Å². The van der Waals surface area contributed by atoms with E-state index in [4.69, 9.17) is 4.74 Å². The molecule has 128 valence electrons. The maximum Gasteiger partial charge on any atom is 0.349 e. The standard InChI is InChI=1S/C16H14Br2FNO3S/c1-9(23-16(22)13-7-12(17)14(18)24-13)15(21)20(2)8-10-4-3-5-11(19)6-10/h3-7,9H,8H2,1-2H3. The fraction of sp³-hybridized carbons (Fsp3) is 0.250. The van der Waals surface area contributed by atoms with Crippen LogP contribution in [0.1, 0.15) is 22.2 Å². The second-order valence-electron chi connectivity index (χ2n) is 5.10. The second-order valence-corrected chi connectivity index (χ2v) is 8.33. The molecule has 8 heteroatoms. The number of halogens is 3. The largest absolute Gasteiger partial charge is 0.448 e. The first-order chi connectivity index (χ1) is 11.3. The molecule has 24 heavy (non-hydrogen) atoms. The van der Waals surface area contributed by atoms with Gasteiger partial charge in [0.25, 0.3) is 5.91 Å². The molecule has 1 unspecified atom stereocenters. The summed E-state index contributed by atoms with van der Waals surface area (Å²) < 4.78 is 19.9. The first-order valence-electron chi connectivity index (χ1n) is 6.93. The number of benzene rings is 1. The summed E-state index contributed by atoms with van der Waals surface area (Å²) in [5.41, 5.74) is 0.662.